The van der Waals surface area contributed by atoms with Crippen molar-refractivity contribution in [3.63, 3.8) is 0 Å². The maximum atomic E-state index is 12.3. The first-order valence-corrected chi connectivity index (χ1v) is 7.97. The largest absolute Gasteiger partial charge is 0.508 e. The van der Waals surface area contributed by atoms with Gasteiger partial charge in [-0.1, -0.05) is 32.9 Å². The lowest BCUT2D eigenvalue weighted by Crippen LogP contribution is -2.27. The molecule has 0 radical (unpaired) electrons. The van der Waals surface area contributed by atoms with Crippen molar-refractivity contribution in [2.24, 2.45) is 0 Å². The number of benzene rings is 2. The van der Waals surface area contributed by atoms with Gasteiger partial charge >= 0.3 is 5.97 Å². The molecular formula is C20H21NO5. The molecule has 0 aliphatic carbocycles. The van der Waals surface area contributed by atoms with E-state index in [9.17, 15) is 24.9 Å². The van der Waals surface area contributed by atoms with Crippen LogP contribution in [0.25, 0.3) is 6.08 Å². The topological polar surface area (TPSA) is 107 Å². The molecule has 0 bridgehead atoms. The van der Waals surface area contributed by atoms with Gasteiger partial charge in [0, 0.05) is 17.2 Å². The summed E-state index contributed by atoms with van der Waals surface area (Å²) in [6.07, 6.45) is 1.12. The Morgan fingerprint density at radius 2 is 1.62 bits per heavy atom. The summed E-state index contributed by atoms with van der Waals surface area (Å²) >= 11 is 0. The first kappa shape index (κ1) is 19.1. The van der Waals surface area contributed by atoms with E-state index in [0.717, 1.165) is 17.7 Å². The Bertz CT molecular complexity index is 861. The number of rotatable bonds is 4. The van der Waals surface area contributed by atoms with E-state index in [1.807, 2.05) is 12.1 Å². The van der Waals surface area contributed by atoms with E-state index in [1.54, 1.807) is 12.1 Å². The summed E-state index contributed by atoms with van der Waals surface area (Å²) < 4.78 is 0. The maximum Gasteiger partial charge on any atom is 0.352 e. The molecular weight excluding hydrogens is 334 g/mol. The van der Waals surface area contributed by atoms with Crippen LogP contribution in [0.3, 0.4) is 0 Å². The molecule has 6 nitrogen and oxygen atoms in total. The van der Waals surface area contributed by atoms with Crippen LogP contribution in [-0.4, -0.2) is 27.2 Å². The lowest BCUT2D eigenvalue weighted by atomic mass is 9.87. The summed E-state index contributed by atoms with van der Waals surface area (Å²) in [5, 5.41) is 30.7. The van der Waals surface area contributed by atoms with E-state index in [2.05, 4.69) is 26.1 Å². The lowest BCUT2D eigenvalue weighted by molar-refractivity contribution is -0.132. The number of carbonyl (C=O) groups excluding carboxylic acids is 1. The monoisotopic (exact) mass is 355 g/mol. The molecule has 6 heteroatoms. The van der Waals surface area contributed by atoms with Gasteiger partial charge in [-0.05, 0) is 41.3 Å². The van der Waals surface area contributed by atoms with E-state index >= 15 is 0 Å². The Morgan fingerprint density at radius 3 is 2.12 bits per heavy atom. The van der Waals surface area contributed by atoms with Crippen LogP contribution in [0.4, 0.5) is 0 Å². The predicted octanol–water partition coefficient (Wildman–Crippen LogP) is 3.25. The first-order valence-electron chi connectivity index (χ1n) is 7.97. The molecule has 0 aliphatic heterocycles. The zero-order valence-corrected chi connectivity index (χ0v) is 14.8. The fourth-order valence-electron chi connectivity index (χ4n) is 2.28. The Labute approximate surface area is 151 Å². The highest BCUT2D eigenvalue weighted by atomic mass is 16.4. The molecule has 2 rings (SSSR count). The molecule has 0 atom stereocenters. The van der Waals surface area contributed by atoms with Gasteiger partial charge in [-0.25, -0.2) is 4.79 Å². The molecule has 0 aromatic heterocycles. The smallest absolute Gasteiger partial charge is 0.352 e. The second-order valence-electron chi connectivity index (χ2n) is 6.89. The van der Waals surface area contributed by atoms with Crippen molar-refractivity contribution in [3.05, 3.63) is 64.9 Å². The van der Waals surface area contributed by atoms with Crippen LogP contribution < -0.4 is 5.32 Å². The molecule has 0 fully saturated rings. The summed E-state index contributed by atoms with van der Waals surface area (Å²) in [5.41, 5.74) is 1.08. The van der Waals surface area contributed by atoms with Gasteiger partial charge < -0.3 is 20.6 Å². The minimum absolute atomic E-state index is 0.0580. The second-order valence-corrected chi connectivity index (χ2v) is 6.89. The number of hydrogen-bond acceptors (Lipinski definition) is 4. The number of nitrogens with one attached hydrogen (secondary N) is 1. The van der Waals surface area contributed by atoms with Crippen LogP contribution in [0.1, 0.15) is 42.3 Å². The summed E-state index contributed by atoms with van der Waals surface area (Å²) in [6, 6.07) is 10.6. The summed E-state index contributed by atoms with van der Waals surface area (Å²) in [7, 11) is 0. The number of phenolic OH excluding ortho intramolecular Hbond substituents is 2. The van der Waals surface area contributed by atoms with Crippen LogP contribution >= 0.6 is 0 Å². The highest BCUT2D eigenvalue weighted by molar-refractivity contribution is 6.02. The zero-order valence-electron chi connectivity index (χ0n) is 14.8. The Kier molecular flexibility index (Phi) is 5.35. The molecule has 4 N–H and O–H groups in total. The number of amides is 1. The van der Waals surface area contributed by atoms with Crippen molar-refractivity contribution in [2.45, 2.75) is 26.2 Å². The van der Waals surface area contributed by atoms with Crippen molar-refractivity contribution in [2.75, 3.05) is 0 Å². The van der Waals surface area contributed by atoms with Crippen molar-refractivity contribution >= 4 is 18.0 Å². The first-order chi connectivity index (χ1) is 12.1. The molecule has 1 amide bonds. The highest BCUT2D eigenvalue weighted by Crippen LogP contribution is 2.25. The average Bonchev–Trinajstić information content (AvgIpc) is 2.55. The fraction of sp³-hybridized carbons (Fsp3) is 0.200. The summed E-state index contributed by atoms with van der Waals surface area (Å²) in [5.74, 6) is -2.37. The van der Waals surface area contributed by atoms with E-state index in [0.29, 0.717) is 5.56 Å². The number of carboxylic acid groups (broad SMARTS) is 1. The fourth-order valence-corrected chi connectivity index (χ4v) is 2.28. The lowest BCUT2D eigenvalue weighted by Gasteiger charge is -2.19. The van der Waals surface area contributed by atoms with Crippen molar-refractivity contribution in [1.82, 2.24) is 5.32 Å². The molecule has 0 saturated heterocycles. The van der Waals surface area contributed by atoms with Crippen molar-refractivity contribution < 1.29 is 24.9 Å². The van der Waals surface area contributed by atoms with Crippen molar-refractivity contribution in [3.8, 4) is 11.5 Å². The van der Waals surface area contributed by atoms with Gasteiger partial charge in [-0.15, -0.1) is 0 Å². The predicted molar refractivity (Wildman–Crippen MR) is 98.0 cm³/mol. The third-order valence-corrected chi connectivity index (χ3v) is 3.81. The Hall–Kier alpha value is -3.28. The van der Waals surface area contributed by atoms with Gasteiger partial charge in [0.25, 0.3) is 5.91 Å². The van der Waals surface area contributed by atoms with Crippen LogP contribution in [0, 0.1) is 0 Å². The summed E-state index contributed by atoms with van der Waals surface area (Å²) in [4.78, 5) is 23.8. The van der Waals surface area contributed by atoms with E-state index in [-0.39, 0.29) is 22.5 Å². The number of hydrogen-bond donors (Lipinski definition) is 4. The molecule has 2 aromatic rings. The number of aliphatic carboxylic acids is 1. The number of carbonyl (C=O) groups is 2. The van der Waals surface area contributed by atoms with Crippen LogP contribution in [0.2, 0.25) is 0 Å². The minimum atomic E-state index is -1.35. The standard InChI is InChI=1S/C20H21NO5/c1-20(2,3)14-7-4-12(5-8-14)18(24)21-16(19(25)26)10-13-6-9-15(22)11-17(13)23/h4-11,22-23H,1-3H3,(H,21,24)(H,25,26)/b16-10+. The third kappa shape index (κ3) is 4.63. The second kappa shape index (κ2) is 7.31. The Balaban J connectivity index is 2.26. The van der Waals surface area contributed by atoms with Crippen LogP contribution in [0.15, 0.2) is 48.2 Å². The van der Waals surface area contributed by atoms with Gasteiger partial charge in [0.05, 0.1) is 0 Å². The van der Waals surface area contributed by atoms with Gasteiger partial charge in [0.1, 0.15) is 17.2 Å². The molecule has 0 heterocycles. The van der Waals surface area contributed by atoms with Crippen LogP contribution in [0.5, 0.6) is 11.5 Å². The van der Waals surface area contributed by atoms with Crippen LogP contribution in [-0.2, 0) is 10.2 Å². The quantitative estimate of drug-likeness (QED) is 0.630. The number of phenols is 2. The van der Waals surface area contributed by atoms with E-state index in [1.165, 1.54) is 12.1 Å². The van der Waals surface area contributed by atoms with Gasteiger partial charge in [0.15, 0.2) is 0 Å². The normalized spacial score (nSPS) is 11.9. The molecule has 0 saturated carbocycles. The average molecular weight is 355 g/mol. The number of aromatic hydroxyl groups is 2. The van der Waals surface area contributed by atoms with Gasteiger partial charge in [0.2, 0.25) is 0 Å². The summed E-state index contributed by atoms with van der Waals surface area (Å²) in [6.45, 7) is 6.16. The van der Waals surface area contributed by atoms with Crippen molar-refractivity contribution in [1.29, 1.82) is 0 Å². The van der Waals surface area contributed by atoms with Gasteiger partial charge in [-0.2, -0.15) is 0 Å². The highest BCUT2D eigenvalue weighted by Gasteiger charge is 2.17. The maximum absolute atomic E-state index is 12.3. The molecule has 0 spiro atoms. The minimum Gasteiger partial charge on any atom is -0.508 e. The molecule has 136 valence electrons. The molecule has 0 unspecified atom stereocenters. The SMILES string of the molecule is CC(C)(C)c1ccc(C(=O)N/C(=C/c2ccc(O)cc2O)C(=O)O)cc1. The third-order valence-electron chi connectivity index (χ3n) is 3.81. The van der Waals surface area contributed by atoms with E-state index in [4.69, 9.17) is 0 Å². The molecule has 0 aliphatic rings. The molecule has 2 aromatic carbocycles. The zero-order chi connectivity index (χ0) is 19.5. The van der Waals surface area contributed by atoms with E-state index < -0.39 is 17.6 Å². The molecule has 26 heavy (non-hydrogen) atoms. The van der Waals surface area contributed by atoms with Gasteiger partial charge in [-0.3, -0.25) is 4.79 Å². The number of carboxylic acids is 1. The Morgan fingerprint density at radius 1 is 1.00 bits per heavy atom.